The largest absolute Gasteiger partial charge is 0.359 e. The van der Waals surface area contributed by atoms with Crippen molar-refractivity contribution in [3.8, 4) is 0 Å². The molecule has 1 aliphatic heterocycles. The normalized spacial score (nSPS) is 17.4. The molecule has 2 N–H and O–H groups in total. The zero-order valence-corrected chi connectivity index (χ0v) is 15.0. The van der Waals surface area contributed by atoms with Crippen LogP contribution < -0.4 is 15.5 Å². The zero-order valence-electron chi connectivity index (χ0n) is 15.0. The zero-order chi connectivity index (χ0) is 17.8. The van der Waals surface area contributed by atoms with Crippen LogP contribution in [0.3, 0.4) is 0 Å². The van der Waals surface area contributed by atoms with Crippen LogP contribution in [0.15, 0.2) is 22.9 Å². The quantitative estimate of drug-likeness (QED) is 0.889. The van der Waals surface area contributed by atoms with Crippen LogP contribution in [0.4, 0.5) is 16.3 Å². The van der Waals surface area contributed by atoms with E-state index in [-0.39, 0.29) is 6.03 Å². The molecule has 7 heteroatoms. The molecule has 0 radical (unpaired) electrons. The monoisotopic (exact) mass is 343 g/mol. The van der Waals surface area contributed by atoms with Crippen molar-refractivity contribution in [2.75, 3.05) is 16.8 Å². The molecule has 2 aromatic rings. The molecule has 7 nitrogen and oxygen atoms in total. The van der Waals surface area contributed by atoms with Crippen molar-refractivity contribution in [3.63, 3.8) is 0 Å². The second-order valence-electron chi connectivity index (χ2n) is 6.64. The van der Waals surface area contributed by atoms with Gasteiger partial charge in [0.2, 0.25) is 0 Å². The number of aryl methyl sites for hydroxylation is 2. The fourth-order valence-corrected chi connectivity index (χ4v) is 3.19. The first kappa shape index (κ1) is 17.3. The average Bonchev–Trinajstić information content (AvgIpc) is 3.00. The number of nitrogens with zero attached hydrogens (tertiary/aromatic N) is 3. The van der Waals surface area contributed by atoms with Crippen molar-refractivity contribution < 1.29 is 9.32 Å². The van der Waals surface area contributed by atoms with Crippen molar-refractivity contribution >= 4 is 17.5 Å². The number of nitrogens with one attached hydrogen (secondary N) is 2. The highest BCUT2D eigenvalue weighted by Crippen LogP contribution is 2.27. The van der Waals surface area contributed by atoms with E-state index in [1.54, 1.807) is 12.3 Å². The number of pyridine rings is 1. The summed E-state index contributed by atoms with van der Waals surface area (Å²) in [6.45, 7) is 7.45. The topological polar surface area (TPSA) is 83.3 Å². The molecule has 3 rings (SSSR count). The molecule has 0 aromatic carbocycles. The average molecular weight is 343 g/mol. The van der Waals surface area contributed by atoms with Gasteiger partial charge in [0, 0.05) is 18.7 Å². The molecule has 0 aliphatic carbocycles. The minimum absolute atomic E-state index is 0.294. The number of hydrogen-bond acceptors (Lipinski definition) is 5. The number of aromatic nitrogens is 2. The van der Waals surface area contributed by atoms with Gasteiger partial charge in [-0.1, -0.05) is 5.16 Å². The fourth-order valence-electron chi connectivity index (χ4n) is 3.19. The fraction of sp³-hybridized carbons (Fsp3) is 0.500. The molecule has 0 saturated carbocycles. The van der Waals surface area contributed by atoms with Crippen molar-refractivity contribution in [1.82, 2.24) is 15.5 Å². The third-order valence-corrected chi connectivity index (χ3v) is 4.48. The Morgan fingerprint density at radius 1 is 1.36 bits per heavy atom. The van der Waals surface area contributed by atoms with Crippen molar-refractivity contribution in [2.24, 2.45) is 0 Å². The van der Waals surface area contributed by atoms with Gasteiger partial charge in [-0.3, -0.25) is 0 Å². The summed E-state index contributed by atoms with van der Waals surface area (Å²) in [5.74, 6) is 1.63. The lowest BCUT2D eigenvalue weighted by Gasteiger charge is -2.35. The van der Waals surface area contributed by atoms with Gasteiger partial charge in [0.05, 0.1) is 24.1 Å². The number of rotatable bonds is 4. The molecule has 2 aromatic heterocycles. The predicted molar refractivity (Wildman–Crippen MR) is 96.7 cm³/mol. The number of amides is 2. The Morgan fingerprint density at radius 3 is 2.88 bits per heavy atom. The molecule has 1 saturated heterocycles. The molecular weight excluding hydrogens is 318 g/mol. The number of urea groups is 1. The van der Waals surface area contributed by atoms with Crippen LogP contribution in [0.2, 0.25) is 0 Å². The lowest BCUT2D eigenvalue weighted by molar-refractivity contribution is 0.250. The lowest BCUT2D eigenvalue weighted by Crippen LogP contribution is -2.38. The van der Waals surface area contributed by atoms with E-state index in [2.05, 4.69) is 32.6 Å². The minimum atomic E-state index is -0.297. The van der Waals surface area contributed by atoms with E-state index in [0.717, 1.165) is 23.6 Å². The Morgan fingerprint density at radius 2 is 2.20 bits per heavy atom. The van der Waals surface area contributed by atoms with Crippen LogP contribution in [-0.4, -0.2) is 28.8 Å². The van der Waals surface area contributed by atoms with Gasteiger partial charge in [-0.15, -0.1) is 0 Å². The van der Waals surface area contributed by atoms with E-state index < -0.39 is 0 Å². The summed E-state index contributed by atoms with van der Waals surface area (Å²) in [7, 11) is 0. The number of piperidine rings is 1. The van der Waals surface area contributed by atoms with Gasteiger partial charge in [0.15, 0.2) is 5.76 Å². The molecule has 0 bridgehead atoms. The van der Waals surface area contributed by atoms with E-state index in [1.165, 1.54) is 19.3 Å². The van der Waals surface area contributed by atoms with Crippen LogP contribution in [-0.2, 0) is 6.54 Å². The van der Waals surface area contributed by atoms with Crippen LogP contribution in [0, 0.1) is 13.8 Å². The molecule has 1 aliphatic rings. The van der Waals surface area contributed by atoms with Crippen molar-refractivity contribution in [3.05, 3.63) is 35.3 Å². The van der Waals surface area contributed by atoms with E-state index in [0.29, 0.717) is 24.0 Å². The Kier molecular flexibility index (Phi) is 5.21. The highest BCUT2D eigenvalue weighted by molar-refractivity contribution is 5.89. The summed E-state index contributed by atoms with van der Waals surface area (Å²) in [6.07, 6.45) is 5.39. The van der Waals surface area contributed by atoms with Crippen molar-refractivity contribution in [2.45, 2.75) is 52.6 Å². The van der Waals surface area contributed by atoms with E-state index >= 15 is 0 Å². The van der Waals surface area contributed by atoms with Gasteiger partial charge in [-0.05, 0) is 51.7 Å². The van der Waals surface area contributed by atoms with Crippen LogP contribution in [0.1, 0.15) is 43.2 Å². The first-order valence-electron chi connectivity index (χ1n) is 8.73. The Balaban J connectivity index is 1.59. The highest BCUT2D eigenvalue weighted by Gasteiger charge is 2.21. The van der Waals surface area contributed by atoms with E-state index in [4.69, 9.17) is 4.52 Å². The maximum Gasteiger partial charge on any atom is 0.319 e. The van der Waals surface area contributed by atoms with Gasteiger partial charge in [0.1, 0.15) is 5.82 Å². The molecule has 25 heavy (non-hydrogen) atoms. The molecule has 1 atom stereocenters. The summed E-state index contributed by atoms with van der Waals surface area (Å²) in [4.78, 5) is 19.0. The maximum atomic E-state index is 12.0. The second kappa shape index (κ2) is 7.55. The summed E-state index contributed by atoms with van der Waals surface area (Å²) < 4.78 is 5.07. The molecule has 134 valence electrons. The third-order valence-electron chi connectivity index (χ3n) is 4.48. The SMILES string of the molecule is Cc1cc(CNC(=O)Nc2cnc(N3CCCC[C@@H]3C)c(C)c2)on1. The van der Waals surface area contributed by atoms with Gasteiger partial charge in [-0.2, -0.15) is 0 Å². The predicted octanol–water partition coefficient (Wildman–Crippen LogP) is 3.39. The number of hydrogen-bond donors (Lipinski definition) is 2. The van der Waals surface area contributed by atoms with Crippen LogP contribution in [0.25, 0.3) is 0 Å². The lowest BCUT2D eigenvalue weighted by atomic mass is 10.0. The summed E-state index contributed by atoms with van der Waals surface area (Å²) >= 11 is 0. The number of carbonyl (C=O) groups is 1. The van der Waals surface area contributed by atoms with Crippen LogP contribution in [0.5, 0.6) is 0 Å². The third kappa shape index (κ3) is 4.29. The number of anilines is 2. The molecule has 3 heterocycles. The Labute approximate surface area is 147 Å². The highest BCUT2D eigenvalue weighted by atomic mass is 16.5. The molecule has 0 unspecified atom stereocenters. The summed E-state index contributed by atoms with van der Waals surface area (Å²) in [5, 5.41) is 9.34. The van der Waals surface area contributed by atoms with Gasteiger partial charge < -0.3 is 20.1 Å². The van der Waals surface area contributed by atoms with Crippen molar-refractivity contribution in [1.29, 1.82) is 0 Å². The van der Waals surface area contributed by atoms with Gasteiger partial charge in [0.25, 0.3) is 0 Å². The van der Waals surface area contributed by atoms with E-state index in [1.807, 2.05) is 19.9 Å². The molecule has 0 spiro atoms. The number of carbonyl (C=O) groups excluding carboxylic acids is 1. The standard InChI is InChI=1S/C18H25N5O2/c1-12-8-15(10-19-17(12)23-7-5-4-6-14(23)3)21-18(24)20-11-16-9-13(2)22-25-16/h8-10,14H,4-7,11H2,1-3H3,(H2,20,21,24)/t14-/m0/s1. The molecule has 1 fully saturated rings. The Hall–Kier alpha value is -2.57. The summed E-state index contributed by atoms with van der Waals surface area (Å²) in [6, 6.07) is 3.96. The molecular formula is C18H25N5O2. The summed E-state index contributed by atoms with van der Waals surface area (Å²) in [5.41, 5.74) is 2.54. The Bertz CT molecular complexity index is 743. The molecule has 2 amide bonds. The first-order chi connectivity index (χ1) is 12.0. The van der Waals surface area contributed by atoms with Gasteiger partial charge >= 0.3 is 6.03 Å². The minimum Gasteiger partial charge on any atom is -0.359 e. The van der Waals surface area contributed by atoms with Crippen LogP contribution >= 0.6 is 0 Å². The maximum absolute atomic E-state index is 12.0. The second-order valence-corrected chi connectivity index (χ2v) is 6.64. The smallest absolute Gasteiger partial charge is 0.319 e. The van der Waals surface area contributed by atoms with Gasteiger partial charge in [-0.25, -0.2) is 9.78 Å². The van der Waals surface area contributed by atoms with E-state index in [9.17, 15) is 4.79 Å². The first-order valence-corrected chi connectivity index (χ1v) is 8.73.